The maximum atomic E-state index is 12.3. The van der Waals surface area contributed by atoms with Crippen molar-refractivity contribution in [3.63, 3.8) is 0 Å². The van der Waals surface area contributed by atoms with Crippen LogP contribution in [0.2, 0.25) is 0 Å². The van der Waals surface area contributed by atoms with Crippen molar-refractivity contribution in [1.29, 1.82) is 0 Å². The highest BCUT2D eigenvalue weighted by Gasteiger charge is 2.26. The van der Waals surface area contributed by atoms with Gasteiger partial charge in [0.15, 0.2) is 0 Å². The van der Waals surface area contributed by atoms with Gasteiger partial charge in [0.25, 0.3) is 0 Å². The van der Waals surface area contributed by atoms with Crippen molar-refractivity contribution in [2.75, 3.05) is 13.1 Å². The van der Waals surface area contributed by atoms with Gasteiger partial charge in [-0.05, 0) is 25.0 Å². The van der Waals surface area contributed by atoms with E-state index in [1.165, 1.54) is 0 Å². The van der Waals surface area contributed by atoms with Gasteiger partial charge in [-0.3, -0.25) is 14.2 Å². The minimum Gasteiger partial charge on any atom is -0.340 e. The molecule has 0 radical (unpaired) electrons. The van der Waals surface area contributed by atoms with Gasteiger partial charge >= 0.3 is 0 Å². The fourth-order valence-electron chi connectivity index (χ4n) is 2.73. The fourth-order valence-corrected chi connectivity index (χ4v) is 2.73. The van der Waals surface area contributed by atoms with Crippen LogP contribution < -0.4 is 0 Å². The molecule has 1 fully saturated rings. The number of likely N-dealkylation sites (tertiary alicyclic amines) is 1. The third-order valence-electron chi connectivity index (χ3n) is 3.78. The Labute approximate surface area is 118 Å². The van der Waals surface area contributed by atoms with Crippen LogP contribution in [0.3, 0.4) is 0 Å². The summed E-state index contributed by atoms with van der Waals surface area (Å²) in [6.07, 6.45) is 7.60. The minimum atomic E-state index is 0.134. The molecule has 106 valence electrons. The van der Waals surface area contributed by atoms with E-state index in [9.17, 15) is 4.79 Å². The Balaban J connectivity index is 1.64. The van der Waals surface area contributed by atoms with Gasteiger partial charge in [0, 0.05) is 44.6 Å². The number of rotatable bonds is 3. The Kier molecular flexibility index (Phi) is 3.54. The summed E-state index contributed by atoms with van der Waals surface area (Å²) in [7, 11) is 1.92. The first kappa shape index (κ1) is 12.9. The van der Waals surface area contributed by atoms with E-state index in [4.69, 9.17) is 0 Å². The molecule has 1 unspecified atom stereocenters. The number of carbonyl (C=O) groups excluding carboxylic acids is 1. The minimum absolute atomic E-state index is 0.134. The summed E-state index contributed by atoms with van der Waals surface area (Å²) in [5, 5.41) is 8.55. The van der Waals surface area contributed by atoms with Gasteiger partial charge in [-0.1, -0.05) is 0 Å². The number of carbonyl (C=O) groups is 1. The van der Waals surface area contributed by atoms with Gasteiger partial charge in [0.1, 0.15) is 6.54 Å². The third kappa shape index (κ3) is 2.74. The zero-order chi connectivity index (χ0) is 13.9. The molecular weight excluding hydrogens is 254 g/mol. The largest absolute Gasteiger partial charge is 0.340 e. The first-order chi connectivity index (χ1) is 9.72. The van der Waals surface area contributed by atoms with Crippen LogP contribution in [-0.4, -0.2) is 43.5 Å². The number of nitrogens with zero attached hydrogens (tertiary/aromatic N) is 5. The van der Waals surface area contributed by atoms with Crippen molar-refractivity contribution in [3.05, 3.63) is 36.4 Å². The molecule has 1 aliphatic rings. The summed E-state index contributed by atoms with van der Waals surface area (Å²) in [5.74, 6) is 0.487. The van der Waals surface area contributed by atoms with E-state index in [-0.39, 0.29) is 5.91 Å². The molecule has 0 bridgehead atoms. The average molecular weight is 273 g/mol. The molecule has 20 heavy (non-hydrogen) atoms. The standard InChI is InChI=1S/C14H19N5O/c1-17-9-5-13(16-17)12-4-2-7-18(10-12)14(20)11-19-8-3-6-15-19/h3,5-6,8-9,12H,2,4,7,10-11H2,1H3. The van der Waals surface area contributed by atoms with Gasteiger partial charge in [0.2, 0.25) is 5.91 Å². The van der Waals surface area contributed by atoms with E-state index in [1.807, 2.05) is 41.2 Å². The highest BCUT2D eigenvalue weighted by atomic mass is 16.2. The molecule has 0 N–H and O–H groups in total. The van der Waals surface area contributed by atoms with Crippen molar-refractivity contribution < 1.29 is 4.79 Å². The van der Waals surface area contributed by atoms with Crippen molar-refractivity contribution in [2.45, 2.75) is 25.3 Å². The molecule has 3 rings (SSSR count). The van der Waals surface area contributed by atoms with Gasteiger partial charge in [-0.15, -0.1) is 0 Å². The van der Waals surface area contributed by atoms with Crippen LogP contribution in [0.1, 0.15) is 24.5 Å². The van der Waals surface area contributed by atoms with Crippen molar-refractivity contribution in [3.8, 4) is 0 Å². The van der Waals surface area contributed by atoms with Crippen molar-refractivity contribution in [1.82, 2.24) is 24.5 Å². The highest BCUT2D eigenvalue weighted by Crippen LogP contribution is 2.25. The Morgan fingerprint density at radius 3 is 3.05 bits per heavy atom. The molecule has 2 aromatic rings. The van der Waals surface area contributed by atoms with Gasteiger partial charge < -0.3 is 4.90 Å². The van der Waals surface area contributed by atoms with Crippen LogP contribution in [0, 0.1) is 0 Å². The maximum Gasteiger partial charge on any atom is 0.244 e. The monoisotopic (exact) mass is 273 g/mol. The number of aryl methyl sites for hydroxylation is 1. The maximum absolute atomic E-state index is 12.3. The third-order valence-corrected chi connectivity index (χ3v) is 3.78. The topological polar surface area (TPSA) is 56.0 Å². The van der Waals surface area contributed by atoms with E-state index >= 15 is 0 Å². The second-order valence-corrected chi connectivity index (χ2v) is 5.30. The zero-order valence-corrected chi connectivity index (χ0v) is 11.6. The Morgan fingerprint density at radius 1 is 1.45 bits per heavy atom. The molecule has 0 aliphatic carbocycles. The van der Waals surface area contributed by atoms with E-state index in [0.29, 0.717) is 12.5 Å². The summed E-state index contributed by atoms with van der Waals surface area (Å²) in [4.78, 5) is 14.2. The highest BCUT2D eigenvalue weighted by molar-refractivity contribution is 5.76. The Bertz CT molecular complexity index is 574. The molecule has 0 spiro atoms. The molecule has 1 aliphatic heterocycles. The first-order valence-corrected chi connectivity index (χ1v) is 6.97. The molecule has 6 heteroatoms. The predicted molar refractivity (Wildman–Crippen MR) is 74.0 cm³/mol. The lowest BCUT2D eigenvalue weighted by molar-refractivity contribution is -0.133. The zero-order valence-electron chi connectivity index (χ0n) is 11.6. The number of aromatic nitrogens is 4. The second-order valence-electron chi connectivity index (χ2n) is 5.30. The van der Waals surface area contributed by atoms with E-state index in [0.717, 1.165) is 31.6 Å². The molecule has 0 aromatic carbocycles. The second kappa shape index (κ2) is 5.48. The fraction of sp³-hybridized carbons (Fsp3) is 0.500. The van der Waals surface area contributed by atoms with Crippen LogP contribution in [0.15, 0.2) is 30.7 Å². The molecule has 3 heterocycles. The first-order valence-electron chi connectivity index (χ1n) is 6.97. The molecule has 6 nitrogen and oxygen atoms in total. The summed E-state index contributed by atoms with van der Waals surface area (Å²) < 4.78 is 3.49. The lowest BCUT2D eigenvalue weighted by Gasteiger charge is -2.32. The van der Waals surface area contributed by atoms with E-state index in [1.54, 1.807) is 10.9 Å². The Hall–Kier alpha value is -2.11. The lowest BCUT2D eigenvalue weighted by Crippen LogP contribution is -2.41. The normalized spacial score (nSPS) is 19.2. The lowest BCUT2D eigenvalue weighted by atomic mass is 9.95. The van der Waals surface area contributed by atoms with Gasteiger partial charge in [-0.2, -0.15) is 10.2 Å². The molecule has 0 saturated carbocycles. The molecule has 1 atom stereocenters. The summed E-state index contributed by atoms with van der Waals surface area (Å²) in [6, 6.07) is 3.88. The summed E-state index contributed by atoms with van der Waals surface area (Å²) in [5.41, 5.74) is 1.09. The summed E-state index contributed by atoms with van der Waals surface area (Å²) in [6.45, 7) is 1.92. The summed E-state index contributed by atoms with van der Waals surface area (Å²) >= 11 is 0. The van der Waals surface area contributed by atoms with Crippen LogP contribution in [0.5, 0.6) is 0 Å². The SMILES string of the molecule is Cn1ccc(C2CCCN(C(=O)Cn3cccn3)C2)n1. The number of hydrogen-bond donors (Lipinski definition) is 0. The number of hydrogen-bond acceptors (Lipinski definition) is 3. The number of amides is 1. The smallest absolute Gasteiger partial charge is 0.244 e. The molecular formula is C14H19N5O. The van der Waals surface area contributed by atoms with E-state index < -0.39 is 0 Å². The van der Waals surface area contributed by atoms with Gasteiger partial charge in [0.05, 0.1) is 5.69 Å². The van der Waals surface area contributed by atoms with Crippen LogP contribution in [-0.2, 0) is 18.4 Å². The van der Waals surface area contributed by atoms with E-state index in [2.05, 4.69) is 10.2 Å². The predicted octanol–water partition coefficient (Wildman–Crippen LogP) is 1.02. The van der Waals surface area contributed by atoms with Crippen LogP contribution in [0.25, 0.3) is 0 Å². The van der Waals surface area contributed by atoms with Gasteiger partial charge in [-0.25, -0.2) is 0 Å². The van der Waals surface area contributed by atoms with Crippen molar-refractivity contribution >= 4 is 5.91 Å². The van der Waals surface area contributed by atoms with Crippen LogP contribution >= 0.6 is 0 Å². The molecule has 1 amide bonds. The van der Waals surface area contributed by atoms with Crippen LogP contribution in [0.4, 0.5) is 0 Å². The molecule has 2 aromatic heterocycles. The average Bonchev–Trinajstić information content (AvgIpc) is 3.10. The molecule has 1 saturated heterocycles. The quantitative estimate of drug-likeness (QED) is 0.839. The Morgan fingerprint density at radius 2 is 2.35 bits per heavy atom. The number of piperidine rings is 1. The van der Waals surface area contributed by atoms with Crippen molar-refractivity contribution in [2.24, 2.45) is 7.05 Å².